The SMILES string of the molecule is CCS(=O)(=O)Nc1cc2oc(-c3ccc(F)cc3)c(C(=O)NC)c2cc1-c1ccc(O)c(C2Cc3c(F)cccc3N2)n1. The van der Waals surface area contributed by atoms with Gasteiger partial charge in [0.2, 0.25) is 10.0 Å². The van der Waals surface area contributed by atoms with Crippen LogP contribution in [-0.2, 0) is 16.4 Å². The Kier molecular flexibility index (Phi) is 7.01. The highest BCUT2D eigenvalue weighted by Gasteiger charge is 2.29. The summed E-state index contributed by atoms with van der Waals surface area (Å²) in [6, 6.07) is 15.6. The van der Waals surface area contributed by atoms with E-state index >= 15 is 0 Å². The molecule has 0 spiro atoms. The molecule has 1 atom stereocenters. The number of fused-ring (bicyclic) bond motifs is 2. The van der Waals surface area contributed by atoms with E-state index in [1.165, 1.54) is 62.5 Å². The van der Waals surface area contributed by atoms with Crippen molar-refractivity contribution in [2.75, 3.05) is 22.8 Å². The molecule has 4 N–H and O–H groups in total. The largest absolute Gasteiger partial charge is 0.506 e. The molecule has 1 aliphatic rings. The third kappa shape index (κ3) is 5.14. The number of hydrogen-bond donors (Lipinski definition) is 4. The molecule has 6 rings (SSSR count). The normalized spacial score (nSPS) is 14.4. The number of furan rings is 1. The number of aromatic nitrogens is 1. The maximum Gasteiger partial charge on any atom is 0.255 e. The van der Waals surface area contributed by atoms with Crippen LogP contribution in [0.5, 0.6) is 5.75 Å². The van der Waals surface area contributed by atoms with E-state index in [-0.39, 0.29) is 57.7 Å². The molecular formula is C31H26F2N4O5S. The Labute approximate surface area is 245 Å². The number of carbonyl (C=O) groups excluding carboxylic acids is 1. The highest BCUT2D eigenvalue weighted by atomic mass is 32.2. The number of halogens is 2. The van der Waals surface area contributed by atoms with E-state index in [4.69, 9.17) is 4.42 Å². The van der Waals surface area contributed by atoms with E-state index in [0.29, 0.717) is 27.8 Å². The van der Waals surface area contributed by atoms with Crippen LogP contribution in [0.1, 0.15) is 34.6 Å². The summed E-state index contributed by atoms with van der Waals surface area (Å²) in [5, 5.41) is 16.9. The molecule has 0 aliphatic carbocycles. The molecule has 3 aromatic carbocycles. The van der Waals surface area contributed by atoms with Gasteiger partial charge in [-0.05, 0) is 61.5 Å². The van der Waals surface area contributed by atoms with Gasteiger partial charge in [0.1, 0.15) is 34.4 Å². The molecule has 3 heterocycles. The van der Waals surface area contributed by atoms with Crippen LogP contribution in [0.3, 0.4) is 0 Å². The van der Waals surface area contributed by atoms with Crippen molar-refractivity contribution in [2.24, 2.45) is 0 Å². The molecule has 1 aliphatic heterocycles. The van der Waals surface area contributed by atoms with Crippen LogP contribution in [-0.4, -0.2) is 37.2 Å². The number of pyridine rings is 1. The molecule has 2 aromatic heterocycles. The van der Waals surface area contributed by atoms with Gasteiger partial charge in [-0.1, -0.05) is 6.07 Å². The number of nitrogens with zero attached hydrogens (tertiary/aromatic N) is 1. The highest BCUT2D eigenvalue weighted by molar-refractivity contribution is 7.92. The smallest absolute Gasteiger partial charge is 0.255 e. The summed E-state index contributed by atoms with van der Waals surface area (Å²) in [5.41, 5.74) is 2.85. The number of carbonyl (C=O) groups is 1. The van der Waals surface area contributed by atoms with E-state index in [0.717, 1.165) is 0 Å². The highest BCUT2D eigenvalue weighted by Crippen LogP contribution is 2.42. The first-order chi connectivity index (χ1) is 20.6. The summed E-state index contributed by atoms with van der Waals surface area (Å²) in [7, 11) is -2.31. The fraction of sp³-hybridized carbons (Fsp3) is 0.161. The number of anilines is 2. The molecule has 0 saturated heterocycles. The van der Waals surface area contributed by atoms with Gasteiger partial charge in [-0.3, -0.25) is 9.52 Å². The average Bonchev–Trinajstić information content (AvgIpc) is 3.59. The molecule has 1 unspecified atom stereocenters. The zero-order chi connectivity index (χ0) is 30.5. The van der Waals surface area contributed by atoms with Crippen molar-refractivity contribution >= 4 is 38.3 Å². The lowest BCUT2D eigenvalue weighted by Crippen LogP contribution is -2.18. The van der Waals surface area contributed by atoms with Gasteiger partial charge in [-0.2, -0.15) is 0 Å². The molecule has 1 amide bonds. The lowest BCUT2D eigenvalue weighted by molar-refractivity contribution is 0.0964. The second-order valence-electron chi connectivity index (χ2n) is 10.1. The molecule has 0 bridgehead atoms. The summed E-state index contributed by atoms with van der Waals surface area (Å²) < 4.78 is 62.2. The van der Waals surface area contributed by atoms with Crippen LogP contribution in [0.15, 0.2) is 71.1 Å². The minimum absolute atomic E-state index is 0.126. The number of hydrogen-bond acceptors (Lipinski definition) is 7. The zero-order valence-electron chi connectivity index (χ0n) is 23.0. The van der Waals surface area contributed by atoms with Crippen molar-refractivity contribution in [3.63, 3.8) is 0 Å². The summed E-state index contributed by atoms with van der Waals surface area (Å²) in [6.45, 7) is 1.49. The molecule has 0 fully saturated rings. The molecule has 220 valence electrons. The summed E-state index contributed by atoms with van der Waals surface area (Å²) in [6.07, 6.45) is 0.240. The quantitative estimate of drug-likeness (QED) is 0.180. The number of aromatic hydroxyl groups is 1. The molecule has 9 nitrogen and oxygen atoms in total. The van der Waals surface area contributed by atoms with Crippen LogP contribution in [0, 0.1) is 11.6 Å². The molecule has 43 heavy (non-hydrogen) atoms. The molecule has 12 heteroatoms. The van der Waals surface area contributed by atoms with Crippen LogP contribution in [0.2, 0.25) is 0 Å². The molecule has 0 saturated carbocycles. The number of nitrogens with one attached hydrogen (secondary N) is 3. The van der Waals surface area contributed by atoms with Gasteiger partial charge < -0.3 is 20.2 Å². The van der Waals surface area contributed by atoms with Gasteiger partial charge >= 0.3 is 0 Å². The minimum Gasteiger partial charge on any atom is -0.506 e. The number of rotatable bonds is 7. The lowest BCUT2D eigenvalue weighted by Gasteiger charge is -2.16. The first kappa shape index (κ1) is 28.2. The van der Waals surface area contributed by atoms with E-state index in [1.54, 1.807) is 18.2 Å². The van der Waals surface area contributed by atoms with E-state index in [9.17, 15) is 27.1 Å². The number of sulfonamides is 1. The van der Waals surface area contributed by atoms with Crippen molar-refractivity contribution < 1.29 is 31.5 Å². The van der Waals surface area contributed by atoms with Gasteiger partial charge in [0.05, 0.1) is 28.7 Å². The number of benzene rings is 3. The van der Waals surface area contributed by atoms with Gasteiger partial charge in [-0.25, -0.2) is 22.2 Å². The van der Waals surface area contributed by atoms with Crippen molar-refractivity contribution in [3.05, 3.63) is 95.2 Å². The summed E-state index contributed by atoms with van der Waals surface area (Å²) in [5.74, 6) is -1.47. The van der Waals surface area contributed by atoms with Crippen LogP contribution in [0.4, 0.5) is 20.2 Å². The maximum absolute atomic E-state index is 14.4. The van der Waals surface area contributed by atoms with Crippen molar-refractivity contribution in [1.82, 2.24) is 10.3 Å². The standard InChI is InChI=1S/C31H26F2N4O5S/c1-3-43(40,41)37-24-15-27-20(28(31(39)34-2)30(42-27)16-7-9-17(32)10-8-16)13-19(24)23-11-12-26(38)29(36-23)25-14-18-21(33)5-4-6-22(18)35-25/h4-13,15,25,35,37-38H,3,14H2,1-2H3,(H,34,39). The van der Waals surface area contributed by atoms with Gasteiger partial charge in [0, 0.05) is 47.3 Å². The van der Waals surface area contributed by atoms with Crippen LogP contribution in [0.25, 0.3) is 33.6 Å². The fourth-order valence-electron chi connectivity index (χ4n) is 5.22. The van der Waals surface area contributed by atoms with E-state index in [2.05, 4.69) is 20.3 Å². The molecule has 0 radical (unpaired) electrons. The van der Waals surface area contributed by atoms with Crippen molar-refractivity contribution in [1.29, 1.82) is 0 Å². The monoisotopic (exact) mass is 604 g/mol. The second kappa shape index (κ2) is 10.7. The maximum atomic E-state index is 14.4. The molecular weight excluding hydrogens is 578 g/mol. The predicted octanol–water partition coefficient (Wildman–Crippen LogP) is 5.98. The van der Waals surface area contributed by atoms with Gasteiger partial charge in [0.25, 0.3) is 5.91 Å². The first-order valence-electron chi connectivity index (χ1n) is 13.4. The number of amides is 1. The third-order valence-corrected chi connectivity index (χ3v) is 8.69. The topological polar surface area (TPSA) is 134 Å². The Morgan fingerprint density at radius 1 is 1.12 bits per heavy atom. The Hall–Kier alpha value is -4.97. The lowest BCUT2D eigenvalue weighted by atomic mass is 10.00. The Morgan fingerprint density at radius 3 is 2.58 bits per heavy atom. The summed E-state index contributed by atoms with van der Waals surface area (Å²) >= 11 is 0. The molecule has 5 aromatic rings. The predicted molar refractivity (Wildman–Crippen MR) is 159 cm³/mol. The van der Waals surface area contributed by atoms with E-state index in [1.807, 2.05) is 0 Å². The van der Waals surface area contributed by atoms with Gasteiger partial charge in [0.15, 0.2) is 0 Å². The van der Waals surface area contributed by atoms with Crippen molar-refractivity contribution in [2.45, 2.75) is 19.4 Å². The second-order valence-corrected chi connectivity index (χ2v) is 12.1. The van der Waals surface area contributed by atoms with Crippen LogP contribution < -0.4 is 15.4 Å². The Morgan fingerprint density at radius 2 is 1.88 bits per heavy atom. The fourth-order valence-corrected chi connectivity index (χ4v) is 5.87. The minimum atomic E-state index is -3.77. The van der Waals surface area contributed by atoms with Gasteiger partial charge in [-0.15, -0.1) is 0 Å². The van der Waals surface area contributed by atoms with E-state index < -0.39 is 27.8 Å². The van der Waals surface area contributed by atoms with Crippen molar-refractivity contribution in [3.8, 4) is 28.3 Å². The average molecular weight is 605 g/mol. The first-order valence-corrected chi connectivity index (χ1v) is 15.1. The Balaban J connectivity index is 1.54. The third-order valence-electron chi connectivity index (χ3n) is 7.40. The Bertz CT molecular complexity index is 2010. The summed E-state index contributed by atoms with van der Waals surface area (Å²) in [4.78, 5) is 17.8. The van der Waals surface area contributed by atoms with Crippen LogP contribution >= 0.6 is 0 Å². The zero-order valence-corrected chi connectivity index (χ0v) is 23.9.